The lowest BCUT2D eigenvalue weighted by Gasteiger charge is -2.24. The third-order valence-electron chi connectivity index (χ3n) is 4.40. The van der Waals surface area contributed by atoms with E-state index in [0.717, 1.165) is 12.8 Å². The molecule has 0 radical (unpaired) electrons. The molecule has 23 heavy (non-hydrogen) atoms. The summed E-state index contributed by atoms with van der Waals surface area (Å²) in [5.74, 6) is -1.24. The molecular formula is C17H30O6. The number of ether oxygens (including phenoxy) is 4. The second-order valence-electron chi connectivity index (χ2n) is 6.48. The predicted octanol–water partition coefficient (Wildman–Crippen LogP) is 2.83. The van der Waals surface area contributed by atoms with Gasteiger partial charge >= 0.3 is 11.9 Å². The lowest BCUT2D eigenvalue weighted by molar-refractivity contribution is -0.179. The van der Waals surface area contributed by atoms with Gasteiger partial charge in [-0.1, -0.05) is 20.8 Å². The number of hydrogen-bond donors (Lipinski definition) is 0. The topological polar surface area (TPSA) is 71.1 Å². The molecule has 1 atom stereocenters. The Balaban J connectivity index is 2.22. The SMILES string of the molecule is CCC1(CC)OCC(COC(=O)CCOC(=O)C(C)(C)CC)O1. The molecule has 1 heterocycles. The highest BCUT2D eigenvalue weighted by atomic mass is 16.8. The fraction of sp³-hybridized carbons (Fsp3) is 0.882. The van der Waals surface area contributed by atoms with Gasteiger partial charge in [-0.2, -0.15) is 0 Å². The molecule has 0 aromatic carbocycles. The quantitative estimate of drug-likeness (QED) is 0.605. The third-order valence-corrected chi connectivity index (χ3v) is 4.40. The first-order chi connectivity index (χ1) is 10.8. The van der Waals surface area contributed by atoms with Crippen molar-refractivity contribution in [3.8, 4) is 0 Å². The van der Waals surface area contributed by atoms with Crippen molar-refractivity contribution in [2.45, 2.75) is 72.2 Å². The average Bonchev–Trinajstić information content (AvgIpc) is 2.97. The van der Waals surface area contributed by atoms with Gasteiger partial charge in [-0.25, -0.2) is 0 Å². The van der Waals surface area contributed by atoms with Gasteiger partial charge in [-0.15, -0.1) is 0 Å². The molecule has 0 saturated carbocycles. The summed E-state index contributed by atoms with van der Waals surface area (Å²) in [6.45, 7) is 10.2. The van der Waals surface area contributed by atoms with Crippen molar-refractivity contribution < 1.29 is 28.5 Å². The summed E-state index contributed by atoms with van der Waals surface area (Å²) in [6, 6.07) is 0. The fourth-order valence-electron chi connectivity index (χ4n) is 2.14. The van der Waals surface area contributed by atoms with E-state index in [1.165, 1.54) is 0 Å². The Morgan fingerprint density at radius 1 is 1.17 bits per heavy atom. The van der Waals surface area contributed by atoms with Gasteiger partial charge in [-0.05, 0) is 33.1 Å². The summed E-state index contributed by atoms with van der Waals surface area (Å²) in [6.07, 6.45) is 2.02. The number of esters is 2. The van der Waals surface area contributed by atoms with Crippen molar-refractivity contribution >= 4 is 11.9 Å². The molecule has 1 saturated heterocycles. The van der Waals surface area contributed by atoms with Crippen molar-refractivity contribution in [1.29, 1.82) is 0 Å². The predicted molar refractivity (Wildman–Crippen MR) is 84.7 cm³/mol. The Bertz CT molecular complexity index is 400. The highest BCUT2D eigenvalue weighted by Crippen LogP contribution is 2.30. The average molecular weight is 330 g/mol. The molecule has 6 nitrogen and oxygen atoms in total. The van der Waals surface area contributed by atoms with Crippen molar-refractivity contribution in [3.05, 3.63) is 0 Å². The largest absolute Gasteiger partial charge is 0.465 e. The van der Waals surface area contributed by atoms with Crippen LogP contribution >= 0.6 is 0 Å². The maximum Gasteiger partial charge on any atom is 0.311 e. The first-order valence-electron chi connectivity index (χ1n) is 8.43. The van der Waals surface area contributed by atoms with Crippen molar-refractivity contribution in [1.82, 2.24) is 0 Å². The summed E-state index contributed by atoms with van der Waals surface area (Å²) in [5, 5.41) is 0. The smallest absolute Gasteiger partial charge is 0.311 e. The van der Waals surface area contributed by atoms with Crippen LogP contribution in [0.2, 0.25) is 0 Å². The van der Waals surface area contributed by atoms with Crippen LogP contribution in [0.3, 0.4) is 0 Å². The summed E-state index contributed by atoms with van der Waals surface area (Å²) in [7, 11) is 0. The minimum absolute atomic E-state index is 0.0387. The Kier molecular flexibility index (Phi) is 7.48. The van der Waals surface area contributed by atoms with Gasteiger partial charge in [0.25, 0.3) is 0 Å². The van der Waals surface area contributed by atoms with E-state index < -0.39 is 17.2 Å². The standard InChI is InChI=1S/C17H30O6/c1-6-16(4,5)15(19)20-10-9-14(18)21-11-13-12-22-17(7-2,8-3)23-13/h13H,6-12H2,1-5H3. The molecule has 134 valence electrons. The number of carbonyl (C=O) groups excluding carboxylic acids is 2. The first-order valence-corrected chi connectivity index (χ1v) is 8.43. The zero-order chi connectivity index (χ0) is 17.5. The number of carbonyl (C=O) groups is 2. The van der Waals surface area contributed by atoms with Gasteiger partial charge in [0.05, 0.1) is 18.4 Å². The van der Waals surface area contributed by atoms with Crippen molar-refractivity contribution in [2.75, 3.05) is 19.8 Å². The van der Waals surface area contributed by atoms with Crippen LogP contribution in [-0.4, -0.2) is 43.7 Å². The Morgan fingerprint density at radius 3 is 2.35 bits per heavy atom. The number of rotatable bonds is 9. The molecule has 1 fully saturated rings. The van der Waals surface area contributed by atoms with E-state index in [4.69, 9.17) is 18.9 Å². The summed E-state index contributed by atoms with van der Waals surface area (Å²) in [4.78, 5) is 23.5. The van der Waals surface area contributed by atoms with E-state index in [1.54, 1.807) is 0 Å². The second kappa shape index (κ2) is 8.64. The van der Waals surface area contributed by atoms with E-state index in [1.807, 2.05) is 34.6 Å². The van der Waals surface area contributed by atoms with Crippen LogP contribution in [0.15, 0.2) is 0 Å². The summed E-state index contributed by atoms with van der Waals surface area (Å²) < 4.78 is 21.8. The van der Waals surface area contributed by atoms with Crippen LogP contribution in [0.1, 0.15) is 60.3 Å². The number of hydrogen-bond acceptors (Lipinski definition) is 6. The van der Waals surface area contributed by atoms with Gasteiger partial charge < -0.3 is 18.9 Å². The molecule has 1 aliphatic rings. The molecule has 6 heteroatoms. The van der Waals surface area contributed by atoms with Crippen LogP contribution in [0.25, 0.3) is 0 Å². The molecule has 0 spiro atoms. The van der Waals surface area contributed by atoms with Gasteiger partial charge in [-0.3, -0.25) is 9.59 Å². The molecule has 1 rings (SSSR count). The minimum atomic E-state index is -0.543. The molecule has 0 aromatic rings. The van der Waals surface area contributed by atoms with E-state index in [-0.39, 0.29) is 31.7 Å². The van der Waals surface area contributed by atoms with Crippen LogP contribution < -0.4 is 0 Å². The van der Waals surface area contributed by atoms with E-state index in [0.29, 0.717) is 13.0 Å². The first kappa shape index (κ1) is 19.9. The van der Waals surface area contributed by atoms with E-state index in [2.05, 4.69) is 0 Å². The molecule has 0 aliphatic carbocycles. The lowest BCUT2D eigenvalue weighted by atomic mass is 9.91. The van der Waals surface area contributed by atoms with Crippen LogP contribution in [0.4, 0.5) is 0 Å². The summed E-state index contributed by atoms with van der Waals surface area (Å²) >= 11 is 0. The normalized spacial score (nSPS) is 20.3. The third kappa shape index (κ3) is 5.77. The minimum Gasteiger partial charge on any atom is -0.465 e. The maximum atomic E-state index is 11.8. The Labute approximate surface area is 138 Å². The molecule has 1 unspecified atom stereocenters. The van der Waals surface area contributed by atoms with E-state index >= 15 is 0 Å². The van der Waals surface area contributed by atoms with Gasteiger partial charge in [0.2, 0.25) is 0 Å². The maximum absolute atomic E-state index is 11.8. The summed E-state index contributed by atoms with van der Waals surface area (Å²) in [5.41, 5.74) is -0.525. The highest BCUT2D eigenvalue weighted by Gasteiger charge is 2.38. The van der Waals surface area contributed by atoms with Crippen LogP contribution in [0.5, 0.6) is 0 Å². The monoisotopic (exact) mass is 330 g/mol. The zero-order valence-corrected chi connectivity index (χ0v) is 15.0. The van der Waals surface area contributed by atoms with E-state index in [9.17, 15) is 9.59 Å². The highest BCUT2D eigenvalue weighted by molar-refractivity contribution is 5.76. The van der Waals surface area contributed by atoms with Crippen molar-refractivity contribution in [3.63, 3.8) is 0 Å². The van der Waals surface area contributed by atoms with Gasteiger partial charge in [0, 0.05) is 0 Å². The molecule has 0 amide bonds. The molecule has 0 bridgehead atoms. The van der Waals surface area contributed by atoms with Crippen LogP contribution in [-0.2, 0) is 28.5 Å². The van der Waals surface area contributed by atoms with Crippen molar-refractivity contribution in [2.24, 2.45) is 5.41 Å². The molecule has 1 aliphatic heterocycles. The molecule has 0 N–H and O–H groups in total. The second-order valence-corrected chi connectivity index (χ2v) is 6.48. The Hall–Kier alpha value is -1.14. The van der Waals surface area contributed by atoms with Crippen LogP contribution in [0, 0.1) is 5.41 Å². The molecule has 0 aromatic heterocycles. The van der Waals surface area contributed by atoms with Gasteiger partial charge in [0.1, 0.15) is 19.3 Å². The molecular weight excluding hydrogens is 300 g/mol. The zero-order valence-electron chi connectivity index (χ0n) is 15.0. The fourth-order valence-corrected chi connectivity index (χ4v) is 2.14. The Morgan fingerprint density at radius 2 is 1.83 bits per heavy atom. The lowest BCUT2D eigenvalue weighted by Crippen LogP contribution is -2.30. The van der Waals surface area contributed by atoms with Gasteiger partial charge in [0.15, 0.2) is 5.79 Å².